The van der Waals surface area contributed by atoms with Crippen LogP contribution in [0.5, 0.6) is 17.5 Å². The lowest BCUT2D eigenvalue weighted by atomic mass is 10.1. The first kappa shape index (κ1) is 12.5. The van der Waals surface area contributed by atoms with E-state index in [0.717, 1.165) is 12.1 Å². The van der Waals surface area contributed by atoms with Crippen LogP contribution in [0.1, 0.15) is 20.7 Å². The fourth-order valence-corrected chi connectivity index (χ4v) is 1.45. The van der Waals surface area contributed by atoms with Crippen LogP contribution >= 0.6 is 0 Å². The monoisotopic (exact) mass is 263 g/mol. The topological polar surface area (TPSA) is 109 Å². The van der Waals surface area contributed by atoms with E-state index in [0.29, 0.717) is 11.0 Å². The minimum Gasteiger partial charge on any atom is -0.506 e. The van der Waals surface area contributed by atoms with E-state index in [1.54, 1.807) is 0 Å². The summed E-state index contributed by atoms with van der Waals surface area (Å²) in [5.74, 6) is -2.55. The SMILES string of the molecule is O=Cc1cccc(C(=O)On2c(O)ccc2O)c1O. The Morgan fingerprint density at radius 3 is 2.32 bits per heavy atom. The third kappa shape index (κ3) is 2.21. The molecule has 1 aromatic heterocycles. The van der Waals surface area contributed by atoms with Gasteiger partial charge in [0, 0.05) is 12.1 Å². The maximum absolute atomic E-state index is 11.8. The average molecular weight is 263 g/mol. The van der Waals surface area contributed by atoms with E-state index < -0.39 is 23.5 Å². The molecule has 98 valence electrons. The highest BCUT2D eigenvalue weighted by molar-refractivity contribution is 5.96. The number of hydrogen-bond donors (Lipinski definition) is 3. The number of aromatic hydroxyl groups is 3. The molecule has 0 radical (unpaired) electrons. The Morgan fingerprint density at radius 2 is 1.74 bits per heavy atom. The van der Waals surface area contributed by atoms with Gasteiger partial charge in [0.05, 0.1) is 5.56 Å². The zero-order valence-corrected chi connectivity index (χ0v) is 9.48. The normalized spacial score (nSPS) is 10.1. The largest absolute Gasteiger partial charge is 0.506 e. The molecular formula is C12H9NO6. The second-order valence-corrected chi connectivity index (χ2v) is 3.58. The molecule has 0 bridgehead atoms. The predicted molar refractivity (Wildman–Crippen MR) is 62.2 cm³/mol. The zero-order chi connectivity index (χ0) is 14.0. The summed E-state index contributed by atoms with van der Waals surface area (Å²) in [6.07, 6.45) is 0.386. The van der Waals surface area contributed by atoms with Crippen molar-refractivity contribution in [3.8, 4) is 17.5 Å². The van der Waals surface area contributed by atoms with Crippen LogP contribution in [0.2, 0.25) is 0 Å². The molecule has 2 rings (SSSR count). The number of hydrogen-bond acceptors (Lipinski definition) is 6. The number of carbonyl (C=O) groups excluding carboxylic acids is 2. The molecule has 0 unspecified atom stereocenters. The van der Waals surface area contributed by atoms with Crippen molar-refractivity contribution in [3.63, 3.8) is 0 Å². The molecule has 0 saturated heterocycles. The molecule has 7 heteroatoms. The fourth-order valence-electron chi connectivity index (χ4n) is 1.45. The van der Waals surface area contributed by atoms with Crippen LogP contribution in [-0.2, 0) is 0 Å². The molecule has 0 aliphatic carbocycles. The number of carbonyl (C=O) groups is 2. The molecule has 1 heterocycles. The molecule has 2 aromatic rings. The van der Waals surface area contributed by atoms with Crippen molar-refractivity contribution in [1.82, 2.24) is 4.73 Å². The molecule has 3 N–H and O–H groups in total. The van der Waals surface area contributed by atoms with Crippen LogP contribution in [0.4, 0.5) is 0 Å². The molecule has 0 amide bonds. The van der Waals surface area contributed by atoms with Crippen LogP contribution < -0.4 is 4.84 Å². The number of benzene rings is 1. The van der Waals surface area contributed by atoms with Gasteiger partial charge in [0.25, 0.3) is 0 Å². The maximum atomic E-state index is 11.8. The number of nitrogens with zero attached hydrogens (tertiary/aromatic N) is 1. The van der Waals surface area contributed by atoms with E-state index >= 15 is 0 Å². The van der Waals surface area contributed by atoms with Gasteiger partial charge in [0.15, 0.2) is 6.29 Å². The van der Waals surface area contributed by atoms with E-state index in [1.165, 1.54) is 18.2 Å². The first-order chi connectivity index (χ1) is 9.04. The molecule has 0 fully saturated rings. The molecule has 0 aliphatic heterocycles. The van der Waals surface area contributed by atoms with Gasteiger partial charge in [-0.3, -0.25) is 4.79 Å². The van der Waals surface area contributed by atoms with E-state index in [-0.39, 0.29) is 11.1 Å². The molecule has 0 atom stereocenters. The highest BCUT2D eigenvalue weighted by Crippen LogP contribution is 2.23. The zero-order valence-electron chi connectivity index (χ0n) is 9.48. The second kappa shape index (κ2) is 4.73. The van der Waals surface area contributed by atoms with Gasteiger partial charge in [-0.15, -0.1) is 4.73 Å². The van der Waals surface area contributed by atoms with E-state index in [4.69, 9.17) is 0 Å². The Hall–Kier alpha value is -2.96. The number of aldehydes is 1. The van der Waals surface area contributed by atoms with Gasteiger partial charge < -0.3 is 20.2 Å². The van der Waals surface area contributed by atoms with Gasteiger partial charge in [-0.1, -0.05) is 6.07 Å². The van der Waals surface area contributed by atoms with Crippen LogP contribution in [-0.4, -0.2) is 32.3 Å². The highest BCUT2D eigenvalue weighted by atomic mass is 16.7. The third-order valence-electron chi connectivity index (χ3n) is 2.39. The summed E-state index contributed by atoms with van der Waals surface area (Å²) < 4.78 is 0.482. The van der Waals surface area contributed by atoms with Crippen LogP contribution in [0, 0.1) is 0 Å². The smallest absolute Gasteiger partial charge is 0.367 e. The molecular weight excluding hydrogens is 254 g/mol. The first-order valence-electron chi connectivity index (χ1n) is 5.14. The number of para-hydroxylation sites is 1. The Bertz CT molecular complexity index is 626. The quantitative estimate of drug-likeness (QED) is 0.703. The lowest BCUT2D eigenvalue weighted by molar-refractivity contribution is 0.0378. The minimum atomic E-state index is -1.04. The number of phenolic OH excluding ortho intramolecular Hbond substituents is 1. The van der Waals surface area contributed by atoms with E-state index in [2.05, 4.69) is 4.84 Å². The van der Waals surface area contributed by atoms with Crippen LogP contribution in [0.3, 0.4) is 0 Å². The summed E-state index contributed by atoms with van der Waals surface area (Å²) >= 11 is 0. The molecule has 0 spiro atoms. The number of phenols is 1. The molecule has 1 aromatic carbocycles. The summed E-state index contributed by atoms with van der Waals surface area (Å²) in [5, 5.41) is 28.3. The molecule has 0 saturated carbocycles. The van der Waals surface area contributed by atoms with Crippen molar-refractivity contribution in [3.05, 3.63) is 41.5 Å². The van der Waals surface area contributed by atoms with Gasteiger partial charge in [0.2, 0.25) is 11.8 Å². The Kier molecular flexibility index (Phi) is 3.11. The Labute approximate surface area is 106 Å². The summed E-state index contributed by atoms with van der Waals surface area (Å²) in [5.41, 5.74) is -0.340. The van der Waals surface area contributed by atoms with Crippen LogP contribution in [0.25, 0.3) is 0 Å². The van der Waals surface area contributed by atoms with Crippen molar-refractivity contribution in [2.24, 2.45) is 0 Å². The highest BCUT2D eigenvalue weighted by Gasteiger charge is 2.18. The Morgan fingerprint density at radius 1 is 1.11 bits per heavy atom. The van der Waals surface area contributed by atoms with Gasteiger partial charge in [0.1, 0.15) is 11.3 Å². The van der Waals surface area contributed by atoms with Gasteiger partial charge in [-0.2, -0.15) is 0 Å². The van der Waals surface area contributed by atoms with Crippen molar-refractivity contribution in [2.45, 2.75) is 0 Å². The van der Waals surface area contributed by atoms with Crippen LogP contribution in [0.15, 0.2) is 30.3 Å². The fraction of sp³-hybridized carbons (Fsp3) is 0. The molecule has 19 heavy (non-hydrogen) atoms. The summed E-state index contributed by atoms with van der Waals surface area (Å²) in [6.45, 7) is 0. The third-order valence-corrected chi connectivity index (χ3v) is 2.39. The molecule has 7 nitrogen and oxygen atoms in total. The summed E-state index contributed by atoms with van der Waals surface area (Å²) in [4.78, 5) is 27.1. The van der Waals surface area contributed by atoms with Gasteiger partial charge in [-0.25, -0.2) is 4.79 Å². The minimum absolute atomic E-state index is 0.0737. The maximum Gasteiger partial charge on any atom is 0.367 e. The van der Waals surface area contributed by atoms with Crippen molar-refractivity contribution < 1.29 is 29.7 Å². The average Bonchev–Trinajstić information content (AvgIpc) is 2.70. The lowest BCUT2D eigenvalue weighted by Crippen LogP contribution is -2.19. The van der Waals surface area contributed by atoms with Crippen molar-refractivity contribution >= 4 is 12.3 Å². The Balaban J connectivity index is 2.33. The standard InChI is InChI=1S/C12H9NO6/c14-6-7-2-1-3-8(11(7)17)12(18)19-13-9(15)4-5-10(13)16/h1-6,15-17H. The first-order valence-corrected chi connectivity index (χ1v) is 5.14. The van der Waals surface area contributed by atoms with E-state index in [1.807, 2.05) is 0 Å². The molecule has 0 aliphatic rings. The number of rotatable bonds is 3. The summed E-state index contributed by atoms with van der Waals surface area (Å²) in [7, 11) is 0. The summed E-state index contributed by atoms with van der Waals surface area (Å²) in [6, 6.07) is 6.18. The van der Waals surface area contributed by atoms with Crippen molar-refractivity contribution in [2.75, 3.05) is 0 Å². The van der Waals surface area contributed by atoms with Gasteiger partial charge in [-0.05, 0) is 12.1 Å². The van der Waals surface area contributed by atoms with E-state index in [9.17, 15) is 24.9 Å². The van der Waals surface area contributed by atoms with Crippen molar-refractivity contribution in [1.29, 1.82) is 0 Å². The number of aromatic nitrogens is 1. The lowest BCUT2D eigenvalue weighted by Gasteiger charge is -2.08. The van der Waals surface area contributed by atoms with Gasteiger partial charge >= 0.3 is 5.97 Å². The predicted octanol–water partition coefficient (Wildman–Crippen LogP) is 0.686. The second-order valence-electron chi connectivity index (χ2n) is 3.58.